The van der Waals surface area contributed by atoms with Crippen LogP contribution in [0.2, 0.25) is 0 Å². The Balaban J connectivity index is 2.91. The number of phenolic OH excluding ortho intramolecular Hbond substituents is 1. The zero-order valence-electron chi connectivity index (χ0n) is 11.7. The van der Waals surface area contributed by atoms with Crippen LogP contribution in [0, 0.1) is 0 Å². The molecule has 0 bridgehead atoms. The second kappa shape index (κ2) is 6.75. The highest BCUT2D eigenvalue weighted by Crippen LogP contribution is 2.29. The molecule has 1 rings (SSSR count). The number of rotatable bonds is 7. The van der Waals surface area contributed by atoms with E-state index in [1.165, 1.54) is 7.11 Å². The van der Waals surface area contributed by atoms with Gasteiger partial charge in [-0.1, -0.05) is 13.0 Å². The Bertz CT molecular complexity index is 396. The standard InChI is InChI=1S/C14H23NO4/c1-4-14(8-16,9-17)15-10(2)11-5-6-12(18)13(7-11)19-3/h5-7,10,15-18H,4,8-9H2,1-3H3. The molecule has 0 heterocycles. The zero-order chi connectivity index (χ0) is 14.5. The largest absolute Gasteiger partial charge is 0.504 e. The van der Waals surface area contributed by atoms with Gasteiger partial charge >= 0.3 is 0 Å². The molecular formula is C14H23NO4. The van der Waals surface area contributed by atoms with Crippen molar-refractivity contribution in [3.8, 4) is 11.5 Å². The van der Waals surface area contributed by atoms with Crippen LogP contribution in [0.3, 0.4) is 0 Å². The Labute approximate surface area is 113 Å². The summed E-state index contributed by atoms with van der Waals surface area (Å²) >= 11 is 0. The first-order valence-corrected chi connectivity index (χ1v) is 6.38. The molecule has 0 aliphatic rings. The molecule has 0 saturated carbocycles. The second-order valence-electron chi connectivity index (χ2n) is 4.75. The molecule has 0 fully saturated rings. The number of phenols is 1. The lowest BCUT2D eigenvalue weighted by atomic mass is 9.95. The number of nitrogens with one attached hydrogen (secondary N) is 1. The van der Waals surface area contributed by atoms with E-state index in [0.29, 0.717) is 12.2 Å². The van der Waals surface area contributed by atoms with Crippen LogP contribution >= 0.6 is 0 Å². The van der Waals surface area contributed by atoms with Crippen molar-refractivity contribution in [3.05, 3.63) is 23.8 Å². The Morgan fingerprint density at radius 3 is 2.42 bits per heavy atom. The zero-order valence-corrected chi connectivity index (χ0v) is 11.7. The predicted octanol–water partition coefficient (Wildman–Crippen LogP) is 1.18. The minimum absolute atomic E-state index is 0.0875. The van der Waals surface area contributed by atoms with Crippen molar-refractivity contribution in [2.24, 2.45) is 0 Å². The third-order valence-corrected chi connectivity index (χ3v) is 3.51. The van der Waals surface area contributed by atoms with Crippen LogP contribution in [0.15, 0.2) is 18.2 Å². The maximum absolute atomic E-state index is 9.56. The van der Waals surface area contributed by atoms with Gasteiger partial charge in [-0.25, -0.2) is 0 Å². The average molecular weight is 269 g/mol. The van der Waals surface area contributed by atoms with E-state index in [4.69, 9.17) is 4.74 Å². The van der Waals surface area contributed by atoms with Gasteiger partial charge in [0.1, 0.15) is 0 Å². The van der Waals surface area contributed by atoms with Crippen LogP contribution in [0.25, 0.3) is 0 Å². The van der Waals surface area contributed by atoms with E-state index in [1.54, 1.807) is 18.2 Å². The van der Waals surface area contributed by atoms with E-state index in [2.05, 4.69) is 5.32 Å². The molecule has 0 amide bonds. The number of ether oxygens (including phenoxy) is 1. The fraction of sp³-hybridized carbons (Fsp3) is 0.571. The Morgan fingerprint density at radius 1 is 1.32 bits per heavy atom. The highest BCUT2D eigenvalue weighted by molar-refractivity contribution is 5.42. The number of aliphatic hydroxyl groups excluding tert-OH is 2. The monoisotopic (exact) mass is 269 g/mol. The summed E-state index contributed by atoms with van der Waals surface area (Å²) in [6.07, 6.45) is 0.611. The molecule has 0 saturated heterocycles. The number of hydrogen-bond donors (Lipinski definition) is 4. The molecule has 5 heteroatoms. The Morgan fingerprint density at radius 2 is 1.95 bits per heavy atom. The van der Waals surface area contributed by atoms with Crippen LogP contribution in [-0.2, 0) is 0 Å². The molecule has 1 aromatic rings. The van der Waals surface area contributed by atoms with Gasteiger partial charge in [-0.3, -0.25) is 0 Å². The lowest BCUT2D eigenvalue weighted by Crippen LogP contribution is -2.52. The fourth-order valence-electron chi connectivity index (χ4n) is 1.97. The van der Waals surface area contributed by atoms with Gasteiger partial charge in [0.15, 0.2) is 11.5 Å². The number of benzene rings is 1. The van der Waals surface area contributed by atoms with Gasteiger partial charge in [-0.05, 0) is 31.0 Å². The van der Waals surface area contributed by atoms with Gasteiger partial charge in [-0.15, -0.1) is 0 Å². The van der Waals surface area contributed by atoms with Crippen molar-refractivity contribution in [1.82, 2.24) is 5.32 Å². The van der Waals surface area contributed by atoms with Crippen molar-refractivity contribution in [2.75, 3.05) is 20.3 Å². The van der Waals surface area contributed by atoms with E-state index in [1.807, 2.05) is 13.8 Å². The fourth-order valence-corrected chi connectivity index (χ4v) is 1.97. The molecule has 1 atom stereocenters. The summed E-state index contributed by atoms with van der Waals surface area (Å²) < 4.78 is 5.07. The SMILES string of the molecule is CCC(CO)(CO)NC(C)c1ccc(O)c(OC)c1. The van der Waals surface area contributed by atoms with Gasteiger partial charge in [0.2, 0.25) is 0 Å². The third kappa shape index (κ3) is 3.59. The first-order chi connectivity index (χ1) is 9.01. The molecule has 108 valence electrons. The van der Waals surface area contributed by atoms with Gasteiger partial charge < -0.3 is 25.4 Å². The summed E-state index contributed by atoms with van der Waals surface area (Å²) in [5.74, 6) is 0.491. The molecule has 0 radical (unpaired) electrons. The van der Waals surface area contributed by atoms with Crippen molar-refractivity contribution in [2.45, 2.75) is 31.8 Å². The van der Waals surface area contributed by atoms with Gasteiger partial charge in [-0.2, -0.15) is 0 Å². The summed E-state index contributed by atoms with van der Waals surface area (Å²) in [5.41, 5.74) is 0.208. The highest BCUT2D eigenvalue weighted by atomic mass is 16.5. The number of hydrogen-bond acceptors (Lipinski definition) is 5. The number of aromatic hydroxyl groups is 1. The molecule has 4 N–H and O–H groups in total. The minimum Gasteiger partial charge on any atom is -0.504 e. The minimum atomic E-state index is -0.704. The van der Waals surface area contributed by atoms with E-state index in [9.17, 15) is 15.3 Å². The van der Waals surface area contributed by atoms with Gasteiger partial charge in [0, 0.05) is 6.04 Å². The van der Waals surface area contributed by atoms with Crippen molar-refractivity contribution in [1.29, 1.82) is 0 Å². The third-order valence-electron chi connectivity index (χ3n) is 3.51. The highest BCUT2D eigenvalue weighted by Gasteiger charge is 2.28. The summed E-state index contributed by atoms with van der Waals surface area (Å²) in [5, 5.41) is 31.7. The van der Waals surface area contributed by atoms with Crippen molar-refractivity contribution in [3.63, 3.8) is 0 Å². The summed E-state index contributed by atoms with van der Waals surface area (Å²) in [6, 6.07) is 5.00. The van der Waals surface area contributed by atoms with E-state index in [-0.39, 0.29) is 25.0 Å². The quantitative estimate of drug-likeness (QED) is 0.597. The molecule has 1 aromatic carbocycles. The maximum Gasteiger partial charge on any atom is 0.160 e. The van der Waals surface area contributed by atoms with E-state index < -0.39 is 5.54 Å². The predicted molar refractivity (Wildman–Crippen MR) is 73.4 cm³/mol. The summed E-state index contributed by atoms with van der Waals surface area (Å²) in [6.45, 7) is 3.56. The molecule has 0 aliphatic carbocycles. The molecule has 19 heavy (non-hydrogen) atoms. The topological polar surface area (TPSA) is 82.0 Å². The lowest BCUT2D eigenvalue weighted by molar-refractivity contribution is 0.0792. The number of aliphatic hydroxyl groups is 2. The van der Waals surface area contributed by atoms with Crippen LogP contribution in [0.4, 0.5) is 0 Å². The molecule has 5 nitrogen and oxygen atoms in total. The first kappa shape index (κ1) is 15.8. The molecule has 0 spiro atoms. The molecular weight excluding hydrogens is 246 g/mol. The van der Waals surface area contributed by atoms with Gasteiger partial charge in [0.05, 0.1) is 25.9 Å². The Kier molecular flexibility index (Phi) is 5.60. The van der Waals surface area contributed by atoms with Crippen LogP contribution in [0.5, 0.6) is 11.5 Å². The maximum atomic E-state index is 9.56. The molecule has 0 aliphatic heterocycles. The second-order valence-corrected chi connectivity index (χ2v) is 4.75. The smallest absolute Gasteiger partial charge is 0.160 e. The molecule has 1 unspecified atom stereocenters. The first-order valence-electron chi connectivity index (χ1n) is 6.38. The molecule has 0 aromatic heterocycles. The summed E-state index contributed by atoms with van der Waals surface area (Å²) in [4.78, 5) is 0. The normalized spacial score (nSPS) is 13.3. The van der Waals surface area contributed by atoms with Gasteiger partial charge in [0.25, 0.3) is 0 Å². The van der Waals surface area contributed by atoms with E-state index in [0.717, 1.165) is 5.56 Å². The van der Waals surface area contributed by atoms with Crippen LogP contribution in [-0.4, -0.2) is 41.2 Å². The van der Waals surface area contributed by atoms with Crippen molar-refractivity contribution < 1.29 is 20.1 Å². The number of methoxy groups -OCH3 is 1. The lowest BCUT2D eigenvalue weighted by Gasteiger charge is -2.33. The van der Waals surface area contributed by atoms with Crippen LogP contribution < -0.4 is 10.1 Å². The Hall–Kier alpha value is -1.30. The van der Waals surface area contributed by atoms with E-state index >= 15 is 0 Å². The average Bonchev–Trinajstić information content (AvgIpc) is 2.45. The summed E-state index contributed by atoms with van der Waals surface area (Å²) in [7, 11) is 1.49. The van der Waals surface area contributed by atoms with Crippen LogP contribution in [0.1, 0.15) is 31.9 Å². The van der Waals surface area contributed by atoms with Crippen molar-refractivity contribution >= 4 is 0 Å².